The molecule has 0 radical (unpaired) electrons. The van der Waals surface area contributed by atoms with Crippen molar-refractivity contribution in [2.24, 2.45) is 0 Å². The van der Waals surface area contributed by atoms with E-state index in [0.29, 0.717) is 6.61 Å². The Morgan fingerprint density at radius 3 is 2.47 bits per heavy atom. The van der Waals surface area contributed by atoms with Gasteiger partial charge < -0.3 is 14.7 Å². The van der Waals surface area contributed by atoms with E-state index >= 15 is 0 Å². The van der Waals surface area contributed by atoms with Crippen molar-refractivity contribution in [1.29, 1.82) is 0 Å². The SMILES string of the molecule is CCc1ccc(OCC(O)C[NH+]2CCCCC2)cc1. The van der Waals surface area contributed by atoms with Crippen LogP contribution >= 0.6 is 0 Å². The molecule has 0 saturated carbocycles. The molecule has 0 aromatic heterocycles. The largest absolute Gasteiger partial charge is 0.491 e. The molecule has 1 atom stereocenters. The van der Waals surface area contributed by atoms with E-state index in [0.717, 1.165) is 18.7 Å². The van der Waals surface area contributed by atoms with Crippen molar-refractivity contribution < 1.29 is 14.7 Å². The van der Waals surface area contributed by atoms with Crippen LogP contribution in [-0.4, -0.2) is 37.5 Å². The van der Waals surface area contributed by atoms with Crippen molar-refractivity contribution >= 4 is 0 Å². The summed E-state index contributed by atoms with van der Waals surface area (Å²) in [6, 6.07) is 8.13. The highest BCUT2D eigenvalue weighted by Crippen LogP contribution is 2.12. The van der Waals surface area contributed by atoms with E-state index in [9.17, 15) is 5.11 Å². The van der Waals surface area contributed by atoms with Gasteiger partial charge in [-0.2, -0.15) is 0 Å². The second-order valence-electron chi connectivity index (χ2n) is 5.48. The number of quaternary nitrogens is 1. The Labute approximate surface area is 116 Å². The van der Waals surface area contributed by atoms with Crippen molar-refractivity contribution in [1.82, 2.24) is 0 Å². The summed E-state index contributed by atoms with van der Waals surface area (Å²) in [5.41, 5.74) is 1.31. The Morgan fingerprint density at radius 2 is 1.84 bits per heavy atom. The number of piperidine rings is 1. The van der Waals surface area contributed by atoms with Crippen LogP contribution in [0.25, 0.3) is 0 Å². The van der Waals surface area contributed by atoms with E-state index in [-0.39, 0.29) is 6.10 Å². The first-order valence-corrected chi connectivity index (χ1v) is 7.51. The van der Waals surface area contributed by atoms with E-state index in [2.05, 4.69) is 19.1 Å². The van der Waals surface area contributed by atoms with Gasteiger partial charge in [0.1, 0.15) is 25.0 Å². The highest BCUT2D eigenvalue weighted by molar-refractivity contribution is 5.27. The zero-order valence-corrected chi connectivity index (χ0v) is 11.9. The zero-order chi connectivity index (χ0) is 13.5. The fourth-order valence-electron chi connectivity index (χ4n) is 2.66. The first-order valence-electron chi connectivity index (χ1n) is 7.51. The summed E-state index contributed by atoms with van der Waals surface area (Å²) in [5.74, 6) is 0.852. The molecule has 0 bridgehead atoms. The summed E-state index contributed by atoms with van der Waals surface area (Å²) >= 11 is 0. The predicted molar refractivity (Wildman–Crippen MR) is 76.7 cm³/mol. The molecule has 0 amide bonds. The molecule has 2 N–H and O–H groups in total. The van der Waals surface area contributed by atoms with Crippen LogP contribution in [0.4, 0.5) is 0 Å². The fourth-order valence-corrected chi connectivity index (χ4v) is 2.66. The lowest BCUT2D eigenvalue weighted by Crippen LogP contribution is -3.14. The minimum Gasteiger partial charge on any atom is -0.491 e. The molecule has 0 aliphatic carbocycles. The molecule has 19 heavy (non-hydrogen) atoms. The van der Waals surface area contributed by atoms with Gasteiger partial charge >= 0.3 is 0 Å². The lowest BCUT2D eigenvalue weighted by atomic mass is 10.1. The number of likely N-dealkylation sites (tertiary alicyclic amines) is 1. The van der Waals surface area contributed by atoms with Crippen LogP contribution in [0.2, 0.25) is 0 Å². The highest BCUT2D eigenvalue weighted by Gasteiger charge is 2.18. The second-order valence-corrected chi connectivity index (χ2v) is 5.48. The van der Waals surface area contributed by atoms with Gasteiger partial charge in [-0.15, -0.1) is 0 Å². The summed E-state index contributed by atoms with van der Waals surface area (Å²) in [7, 11) is 0. The summed E-state index contributed by atoms with van der Waals surface area (Å²) in [6.07, 6.45) is 4.61. The number of benzene rings is 1. The first-order chi connectivity index (χ1) is 9.28. The number of rotatable bonds is 6. The van der Waals surface area contributed by atoms with Gasteiger partial charge in [0.2, 0.25) is 0 Å². The quantitative estimate of drug-likeness (QED) is 0.805. The molecule has 1 aromatic carbocycles. The Morgan fingerprint density at radius 1 is 1.16 bits per heavy atom. The number of aliphatic hydroxyl groups is 1. The predicted octanol–water partition coefficient (Wildman–Crippen LogP) is 1.06. The normalized spacial score (nSPS) is 18.2. The average Bonchev–Trinajstić information content (AvgIpc) is 2.47. The topological polar surface area (TPSA) is 33.9 Å². The van der Waals surface area contributed by atoms with E-state index in [1.807, 2.05) is 12.1 Å². The van der Waals surface area contributed by atoms with Crippen molar-refractivity contribution in [2.75, 3.05) is 26.2 Å². The van der Waals surface area contributed by atoms with Crippen molar-refractivity contribution in [3.05, 3.63) is 29.8 Å². The molecule has 1 aromatic rings. The molecule has 1 aliphatic rings. The van der Waals surface area contributed by atoms with Gasteiger partial charge in [0.05, 0.1) is 13.1 Å². The van der Waals surface area contributed by atoms with Gasteiger partial charge in [-0.3, -0.25) is 0 Å². The van der Waals surface area contributed by atoms with Crippen LogP contribution in [0, 0.1) is 0 Å². The molecule has 3 heteroatoms. The van der Waals surface area contributed by atoms with Crippen LogP contribution in [0.5, 0.6) is 5.75 Å². The number of aliphatic hydroxyl groups excluding tert-OH is 1. The van der Waals surface area contributed by atoms with Crippen LogP contribution in [0.3, 0.4) is 0 Å². The molecule has 2 rings (SSSR count). The third-order valence-corrected chi connectivity index (χ3v) is 3.86. The third kappa shape index (κ3) is 4.84. The number of hydrogen-bond acceptors (Lipinski definition) is 2. The standard InChI is InChI=1S/C16H25NO2/c1-2-14-6-8-16(9-7-14)19-13-15(18)12-17-10-4-3-5-11-17/h6-9,15,18H,2-5,10-13H2,1H3/p+1. The number of aryl methyl sites for hydroxylation is 1. The molecule has 1 aliphatic heterocycles. The lowest BCUT2D eigenvalue weighted by Gasteiger charge is -2.25. The van der Waals surface area contributed by atoms with Crippen LogP contribution in [0.1, 0.15) is 31.7 Å². The van der Waals surface area contributed by atoms with Crippen molar-refractivity contribution in [2.45, 2.75) is 38.7 Å². The first kappa shape index (κ1) is 14.4. The van der Waals surface area contributed by atoms with E-state index in [4.69, 9.17) is 4.74 Å². The number of ether oxygens (including phenoxy) is 1. The molecule has 106 valence electrons. The third-order valence-electron chi connectivity index (χ3n) is 3.86. The van der Waals surface area contributed by atoms with Crippen molar-refractivity contribution in [3.63, 3.8) is 0 Å². The number of nitrogens with one attached hydrogen (secondary N) is 1. The molecule has 1 fully saturated rings. The Bertz CT molecular complexity index is 358. The molecule has 0 spiro atoms. The smallest absolute Gasteiger partial charge is 0.137 e. The van der Waals surface area contributed by atoms with Crippen LogP contribution < -0.4 is 9.64 Å². The van der Waals surface area contributed by atoms with Crippen molar-refractivity contribution in [3.8, 4) is 5.75 Å². The van der Waals surface area contributed by atoms with Gasteiger partial charge in [0, 0.05) is 0 Å². The molecule has 1 heterocycles. The monoisotopic (exact) mass is 264 g/mol. The number of hydrogen-bond donors (Lipinski definition) is 2. The minimum absolute atomic E-state index is 0.362. The highest BCUT2D eigenvalue weighted by atomic mass is 16.5. The van der Waals surface area contributed by atoms with Gasteiger partial charge in [0.25, 0.3) is 0 Å². The van der Waals surface area contributed by atoms with Gasteiger partial charge in [-0.25, -0.2) is 0 Å². The molecule has 1 unspecified atom stereocenters. The maximum atomic E-state index is 10.0. The average molecular weight is 264 g/mol. The summed E-state index contributed by atoms with van der Waals surface area (Å²) in [5, 5.41) is 10.0. The van der Waals surface area contributed by atoms with Crippen LogP contribution in [0.15, 0.2) is 24.3 Å². The molecule has 1 saturated heterocycles. The maximum Gasteiger partial charge on any atom is 0.137 e. The fraction of sp³-hybridized carbons (Fsp3) is 0.625. The summed E-state index contributed by atoms with van der Waals surface area (Å²) in [4.78, 5) is 1.52. The zero-order valence-electron chi connectivity index (χ0n) is 11.9. The van der Waals surface area contributed by atoms with Gasteiger partial charge in [-0.05, 0) is 43.4 Å². The summed E-state index contributed by atoms with van der Waals surface area (Å²) < 4.78 is 5.65. The molecular weight excluding hydrogens is 238 g/mol. The Balaban J connectivity index is 1.71. The lowest BCUT2D eigenvalue weighted by molar-refractivity contribution is -0.908. The summed E-state index contributed by atoms with van der Waals surface area (Å²) in [6.45, 7) is 5.74. The molecular formula is C16H26NO2+. The van der Waals surface area contributed by atoms with E-state index in [1.54, 1.807) is 0 Å². The molecule has 3 nitrogen and oxygen atoms in total. The minimum atomic E-state index is -0.362. The Kier molecular flexibility index (Phi) is 5.67. The maximum absolute atomic E-state index is 10.0. The van der Waals surface area contributed by atoms with Gasteiger partial charge in [0.15, 0.2) is 0 Å². The van der Waals surface area contributed by atoms with E-state index in [1.165, 1.54) is 42.8 Å². The van der Waals surface area contributed by atoms with E-state index < -0.39 is 0 Å². The second kappa shape index (κ2) is 7.51. The Hall–Kier alpha value is -1.06. The van der Waals surface area contributed by atoms with Gasteiger partial charge in [-0.1, -0.05) is 19.1 Å². The van der Waals surface area contributed by atoms with Crippen LogP contribution in [-0.2, 0) is 6.42 Å².